The van der Waals surface area contributed by atoms with E-state index < -0.39 is 5.82 Å². The highest BCUT2D eigenvalue weighted by Gasteiger charge is 2.12. The summed E-state index contributed by atoms with van der Waals surface area (Å²) in [5.41, 5.74) is 2.23. The first kappa shape index (κ1) is 14.3. The van der Waals surface area contributed by atoms with E-state index in [0.717, 1.165) is 12.8 Å². The van der Waals surface area contributed by atoms with Gasteiger partial charge in [0.05, 0.1) is 7.11 Å². The lowest BCUT2D eigenvalue weighted by Gasteiger charge is -2.06. The lowest BCUT2D eigenvalue weighted by atomic mass is 10.0. The number of aryl methyl sites for hydroxylation is 1. The van der Waals surface area contributed by atoms with Crippen molar-refractivity contribution in [1.29, 1.82) is 0 Å². The van der Waals surface area contributed by atoms with Gasteiger partial charge in [-0.3, -0.25) is 4.79 Å². The lowest BCUT2D eigenvalue weighted by molar-refractivity contribution is 0.103. The van der Waals surface area contributed by atoms with Gasteiger partial charge in [0.1, 0.15) is 0 Å². The minimum atomic E-state index is -0.470. The molecule has 0 N–H and O–H groups in total. The zero-order valence-corrected chi connectivity index (χ0v) is 11.7. The summed E-state index contributed by atoms with van der Waals surface area (Å²) in [5.74, 6) is -0.521. The molecule has 0 radical (unpaired) electrons. The Kier molecular flexibility index (Phi) is 4.51. The van der Waals surface area contributed by atoms with Crippen LogP contribution in [-0.2, 0) is 6.42 Å². The molecule has 104 valence electrons. The summed E-state index contributed by atoms with van der Waals surface area (Å²) >= 11 is 0. The van der Waals surface area contributed by atoms with Crippen LogP contribution in [0.3, 0.4) is 0 Å². The first-order valence-corrected chi connectivity index (χ1v) is 6.63. The Bertz CT molecular complexity index is 603. The summed E-state index contributed by atoms with van der Waals surface area (Å²) in [7, 11) is 1.38. The van der Waals surface area contributed by atoms with Gasteiger partial charge >= 0.3 is 0 Å². The number of carbonyl (C=O) groups is 1. The van der Waals surface area contributed by atoms with Crippen LogP contribution < -0.4 is 4.74 Å². The Morgan fingerprint density at radius 3 is 2.35 bits per heavy atom. The number of benzene rings is 2. The molecule has 3 heteroatoms. The molecule has 0 amide bonds. The Balaban J connectivity index is 2.26. The molecule has 0 aliphatic rings. The number of ketones is 1. The largest absolute Gasteiger partial charge is 0.494 e. The maximum atomic E-state index is 13.3. The predicted molar refractivity (Wildman–Crippen MR) is 76.8 cm³/mol. The van der Waals surface area contributed by atoms with Gasteiger partial charge in [0.15, 0.2) is 17.3 Å². The summed E-state index contributed by atoms with van der Waals surface area (Å²) < 4.78 is 18.2. The summed E-state index contributed by atoms with van der Waals surface area (Å²) in [4.78, 5) is 12.3. The molecular weight excluding hydrogens is 255 g/mol. The van der Waals surface area contributed by atoms with E-state index in [1.165, 1.54) is 30.9 Å². The molecule has 0 atom stereocenters. The SMILES string of the molecule is CCCc1ccc(C(=O)c2ccc(F)c(OC)c2)cc1. The highest BCUT2D eigenvalue weighted by molar-refractivity contribution is 6.09. The van der Waals surface area contributed by atoms with E-state index in [0.29, 0.717) is 11.1 Å². The van der Waals surface area contributed by atoms with Gasteiger partial charge in [0, 0.05) is 11.1 Å². The first-order valence-electron chi connectivity index (χ1n) is 6.63. The van der Waals surface area contributed by atoms with Crippen LogP contribution in [0.25, 0.3) is 0 Å². The Labute approximate surface area is 118 Å². The smallest absolute Gasteiger partial charge is 0.193 e. The summed E-state index contributed by atoms with van der Waals surface area (Å²) in [6.45, 7) is 2.11. The van der Waals surface area contributed by atoms with Gasteiger partial charge in [-0.15, -0.1) is 0 Å². The van der Waals surface area contributed by atoms with Crippen LogP contribution in [0.5, 0.6) is 5.75 Å². The molecule has 0 aromatic heterocycles. The second-order valence-electron chi connectivity index (χ2n) is 4.63. The third-order valence-corrected chi connectivity index (χ3v) is 3.17. The number of hydrogen-bond donors (Lipinski definition) is 0. The third-order valence-electron chi connectivity index (χ3n) is 3.17. The molecule has 0 unspecified atom stereocenters. The normalized spacial score (nSPS) is 10.3. The standard InChI is InChI=1S/C17H17FO2/c1-3-4-12-5-7-13(8-6-12)17(19)14-9-10-15(18)16(11-14)20-2/h5-11H,3-4H2,1-2H3. The predicted octanol–water partition coefficient (Wildman–Crippen LogP) is 4.02. The van der Waals surface area contributed by atoms with Crippen LogP contribution >= 0.6 is 0 Å². The zero-order valence-electron chi connectivity index (χ0n) is 11.7. The van der Waals surface area contributed by atoms with Crippen LogP contribution in [0.15, 0.2) is 42.5 Å². The van der Waals surface area contributed by atoms with Crippen molar-refractivity contribution in [2.75, 3.05) is 7.11 Å². The first-order chi connectivity index (χ1) is 9.65. The van der Waals surface area contributed by atoms with Gasteiger partial charge in [0.25, 0.3) is 0 Å². The van der Waals surface area contributed by atoms with E-state index in [1.807, 2.05) is 24.3 Å². The van der Waals surface area contributed by atoms with Crippen molar-refractivity contribution in [2.24, 2.45) is 0 Å². The van der Waals surface area contributed by atoms with Crippen molar-refractivity contribution in [3.05, 3.63) is 65.0 Å². The van der Waals surface area contributed by atoms with Crippen molar-refractivity contribution >= 4 is 5.78 Å². The van der Waals surface area contributed by atoms with Crippen molar-refractivity contribution in [2.45, 2.75) is 19.8 Å². The number of ether oxygens (including phenoxy) is 1. The monoisotopic (exact) mass is 272 g/mol. The molecule has 20 heavy (non-hydrogen) atoms. The molecule has 2 aromatic rings. The van der Waals surface area contributed by atoms with Gasteiger partial charge in [-0.1, -0.05) is 37.6 Å². The average Bonchev–Trinajstić information content (AvgIpc) is 2.48. The number of hydrogen-bond acceptors (Lipinski definition) is 2. The molecule has 0 bridgehead atoms. The van der Waals surface area contributed by atoms with Crippen molar-refractivity contribution in [1.82, 2.24) is 0 Å². The number of halogens is 1. The fraction of sp³-hybridized carbons (Fsp3) is 0.235. The highest BCUT2D eigenvalue weighted by Crippen LogP contribution is 2.20. The molecule has 2 nitrogen and oxygen atoms in total. The molecule has 0 saturated heterocycles. The second-order valence-corrected chi connectivity index (χ2v) is 4.63. The zero-order chi connectivity index (χ0) is 14.5. The highest BCUT2D eigenvalue weighted by atomic mass is 19.1. The lowest BCUT2D eigenvalue weighted by Crippen LogP contribution is -2.02. The summed E-state index contributed by atoms with van der Waals surface area (Å²) in [6, 6.07) is 11.7. The van der Waals surface area contributed by atoms with E-state index in [2.05, 4.69) is 6.92 Å². The van der Waals surface area contributed by atoms with Gasteiger partial charge in [-0.25, -0.2) is 4.39 Å². The van der Waals surface area contributed by atoms with Crippen LogP contribution in [0, 0.1) is 5.82 Å². The fourth-order valence-electron chi connectivity index (χ4n) is 2.08. The minimum absolute atomic E-state index is 0.0819. The summed E-state index contributed by atoms with van der Waals surface area (Å²) in [5, 5.41) is 0. The van der Waals surface area contributed by atoms with E-state index >= 15 is 0 Å². The topological polar surface area (TPSA) is 26.3 Å². The number of rotatable bonds is 5. The molecule has 0 aliphatic heterocycles. The van der Waals surface area contributed by atoms with Crippen LogP contribution in [0.1, 0.15) is 34.8 Å². The number of methoxy groups -OCH3 is 1. The third kappa shape index (κ3) is 3.05. The van der Waals surface area contributed by atoms with E-state index in [-0.39, 0.29) is 11.5 Å². The molecule has 0 spiro atoms. The Hall–Kier alpha value is -2.16. The maximum absolute atomic E-state index is 13.3. The van der Waals surface area contributed by atoms with Gasteiger partial charge in [-0.2, -0.15) is 0 Å². The van der Waals surface area contributed by atoms with E-state index in [4.69, 9.17) is 4.74 Å². The van der Waals surface area contributed by atoms with Crippen LogP contribution in [0.2, 0.25) is 0 Å². The second kappa shape index (κ2) is 6.33. The molecule has 2 aromatic carbocycles. The number of carbonyl (C=O) groups excluding carboxylic acids is 1. The van der Waals surface area contributed by atoms with Crippen molar-refractivity contribution < 1.29 is 13.9 Å². The maximum Gasteiger partial charge on any atom is 0.193 e. The van der Waals surface area contributed by atoms with Crippen molar-refractivity contribution in [3.8, 4) is 5.75 Å². The average molecular weight is 272 g/mol. The van der Waals surface area contributed by atoms with E-state index in [1.54, 1.807) is 0 Å². The molecule has 0 aliphatic carbocycles. The van der Waals surface area contributed by atoms with Crippen LogP contribution in [-0.4, -0.2) is 12.9 Å². The van der Waals surface area contributed by atoms with Gasteiger partial charge < -0.3 is 4.74 Å². The Morgan fingerprint density at radius 2 is 1.75 bits per heavy atom. The van der Waals surface area contributed by atoms with E-state index in [9.17, 15) is 9.18 Å². The summed E-state index contributed by atoms with van der Waals surface area (Å²) in [6.07, 6.45) is 2.07. The fourth-order valence-corrected chi connectivity index (χ4v) is 2.08. The molecule has 0 heterocycles. The van der Waals surface area contributed by atoms with Crippen LogP contribution in [0.4, 0.5) is 4.39 Å². The molecule has 0 saturated carbocycles. The molecule has 2 rings (SSSR count). The van der Waals surface area contributed by atoms with Gasteiger partial charge in [0.2, 0.25) is 0 Å². The molecule has 0 fully saturated rings. The minimum Gasteiger partial charge on any atom is -0.494 e. The molecular formula is C17H17FO2. The quantitative estimate of drug-likeness (QED) is 0.768. The van der Waals surface area contributed by atoms with Gasteiger partial charge in [-0.05, 0) is 30.2 Å². The van der Waals surface area contributed by atoms with Crippen molar-refractivity contribution in [3.63, 3.8) is 0 Å². The Morgan fingerprint density at radius 1 is 1.10 bits per heavy atom.